The summed E-state index contributed by atoms with van der Waals surface area (Å²) in [4.78, 5) is 11.9. The molecule has 2 aromatic carbocycles. The average molecular weight is 307 g/mol. The Balaban J connectivity index is 2.09. The number of hydrazone groups is 1. The molecule has 0 atom stereocenters. The van der Waals surface area contributed by atoms with Crippen LogP contribution in [0, 0.1) is 6.92 Å². The lowest BCUT2D eigenvalue weighted by atomic mass is 10.1. The summed E-state index contributed by atoms with van der Waals surface area (Å²) in [5, 5.41) is 4.83. The Bertz CT molecular complexity index is 648. The maximum absolute atomic E-state index is 11.9. The van der Waals surface area contributed by atoms with Crippen LogP contribution in [0.3, 0.4) is 0 Å². The minimum absolute atomic E-state index is 0.284. The standard InChI is InChI=1S/C15H12Cl2N2O/c1-10-4-2-5-11(8-10)15(20)19-18-9-12-13(16)6-3-7-14(12)17/h2-9H,1H3,(H,19,20)/b18-9+. The van der Waals surface area contributed by atoms with Crippen molar-refractivity contribution in [3.05, 3.63) is 69.2 Å². The van der Waals surface area contributed by atoms with Gasteiger partial charge in [0, 0.05) is 11.1 Å². The van der Waals surface area contributed by atoms with Crippen molar-refractivity contribution in [2.45, 2.75) is 6.92 Å². The van der Waals surface area contributed by atoms with Crippen LogP contribution in [0.2, 0.25) is 10.0 Å². The number of hydrogen-bond acceptors (Lipinski definition) is 2. The number of halogens is 2. The summed E-state index contributed by atoms with van der Waals surface area (Å²) >= 11 is 12.0. The lowest BCUT2D eigenvalue weighted by Crippen LogP contribution is -2.17. The van der Waals surface area contributed by atoms with Crippen LogP contribution in [0.4, 0.5) is 0 Å². The van der Waals surface area contributed by atoms with E-state index in [4.69, 9.17) is 23.2 Å². The van der Waals surface area contributed by atoms with Gasteiger partial charge < -0.3 is 0 Å². The molecule has 0 saturated heterocycles. The van der Waals surface area contributed by atoms with Gasteiger partial charge in [0.2, 0.25) is 0 Å². The van der Waals surface area contributed by atoms with Gasteiger partial charge in [-0.05, 0) is 31.2 Å². The first-order chi connectivity index (χ1) is 9.58. The van der Waals surface area contributed by atoms with Crippen LogP contribution >= 0.6 is 23.2 Å². The molecule has 0 saturated carbocycles. The average Bonchev–Trinajstić information content (AvgIpc) is 2.42. The first-order valence-electron chi connectivity index (χ1n) is 5.92. The SMILES string of the molecule is Cc1cccc(C(=O)N/N=C/c2c(Cl)cccc2Cl)c1. The molecule has 0 unspecified atom stereocenters. The van der Waals surface area contributed by atoms with Crippen molar-refractivity contribution in [2.24, 2.45) is 5.10 Å². The fourth-order valence-electron chi connectivity index (χ4n) is 1.64. The third kappa shape index (κ3) is 3.59. The molecular weight excluding hydrogens is 295 g/mol. The Hall–Kier alpha value is -1.84. The van der Waals surface area contributed by atoms with Crippen LogP contribution in [0.15, 0.2) is 47.6 Å². The zero-order valence-corrected chi connectivity index (χ0v) is 12.2. The molecule has 2 aromatic rings. The van der Waals surface area contributed by atoms with Crippen LogP contribution in [-0.2, 0) is 0 Å². The molecule has 2 rings (SSSR count). The van der Waals surface area contributed by atoms with Gasteiger partial charge in [-0.25, -0.2) is 5.43 Å². The van der Waals surface area contributed by atoms with Gasteiger partial charge in [-0.15, -0.1) is 0 Å². The molecule has 5 heteroatoms. The highest BCUT2D eigenvalue weighted by molar-refractivity contribution is 6.38. The normalized spacial score (nSPS) is 10.8. The molecule has 0 spiro atoms. The molecule has 0 radical (unpaired) electrons. The molecule has 0 bridgehead atoms. The van der Waals surface area contributed by atoms with Gasteiger partial charge >= 0.3 is 0 Å². The second-order valence-corrected chi connectivity index (χ2v) is 5.02. The molecular formula is C15H12Cl2N2O. The van der Waals surface area contributed by atoms with Crippen molar-refractivity contribution in [1.82, 2.24) is 5.43 Å². The van der Waals surface area contributed by atoms with Crippen molar-refractivity contribution in [1.29, 1.82) is 0 Å². The van der Waals surface area contributed by atoms with Gasteiger partial charge in [-0.3, -0.25) is 4.79 Å². The van der Waals surface area contributed by atoms with Crippen LogP contribution < -0.4 is 5.43 Å². The highest BCUT2D eigenvalue weighted by atomic mass is 35.5. The number of carbonyl (C=O) groups is 1. The molecule has 0 aliphatic heterocycles. The molecule has 102 valence electrons. The Kier molecular flexibility index (Phi) is 4.77. The number of aryl methyl sites for hydroxylation is 1. The number of carbonyl (C=O) groups excluding carboxylic acids is 1. The summed E-state index contributed by atoms with van der Waals surface area (Å²) in [5.74, 6) is -0.284. The number of rotatable bonds is 3. The summed E-state index contributed by atoms with van der Waals surface area (Å²) in [6.07, 6.45) is 1.43. The van der Waals surface area contributed by atoms with Gasteiger partial charge in [-0.2, -0.15) is 5.10 Å². The van der Waals surface area contributed by atoms with E-state index in [1.165, 1.54) is 6.21 Å². The Morgan fingerprint density at radius 3 is 2.45 bits per heavy atom. The van der Waals surface area contributed by atoms with Crippen molar-refractivity contribution in [2.75, 3.05) is 0 Å². The highest BCUT2D eigenvalue weighted by Crippen LogP contribution is 2.21. The van der Waals surface area contributed by atoms with Gasteiger partial charge in [0.25, 0.3) is 5.91 Å². The van der Waals surface area contributed by atoms with Gasteiger partial charge in [-0.1, -0.05) is 47.0 Å². The third-order valence-corrected chi connectivity index (χ3v) is 3.30. The molecule has 1 amide bonds. The van der Waals surface area contributed by atoms with E-state index in [0.29, 0.717) is 21.2 Å². The minimum atomic E-state index is -0.284. The molecule has 0 aliphatic rings. The van der Waals surface area contributed by atoms with Gasteiger partial charge in [0.05, 0.1) is 16.3 Å². The van der Waals surface area contributed by atoms with Crippen molar-refractivity contribution in [3.8, 4) is 0 Å². The maximum atomic E-state index is 11.9. The van der Waals surface area contributed by atoms with Crippen molar-refractivity contribution >= 4 is 35.3 Å². The summed E-state index contributed by atoms with van der Waals surface area (Å²) in [6.45, 7) is 1.92. The Morgan fingerprint density at radius 2 is 1.80 bits per heavy atom. The maximum Gasteiger partial charge on any atom is 0.271 e. The van der Waals surface area contributed by atoms with E-state index in [1.807, 2.05) is 19.1 Å². The monoisotopic (exact) mass is 306 g/mol. The molecule has 3 nitrogen and oxygen atoms in total. The number of benzene rings is 2. The number of amides is 1. The van der Waals surface area contributed by atoms with Crippen LogP contribution in [0.5, 0.6) is 0 Å². The summed E-state index contributed by atoms with van der Waals surface area (Å²) in [5.41, 5.74) is 4.57. The lowest BCUT2D eigenvalue weighted by Gasteiger charge is -2.02. The molecule has 0 heterocycles. The predicted molar refractivity (Wildman–Crippen MR) is 82.7 cm³/mol. The number of hydrogen-bond donors (Lipinski definition) is 1. The van der Waals surface area contributed by atoms with Crippen molar-refractivity contribution in [3.63, 3.8) is 0 Å². The van der Waals surface area contributed by atoms with E-state index in [9.17, 15) is 4.79 Å². The van der Waals surface area contributed by atoms with Crippen molar-refractivity contribution < 1.29 is 4.79 Å². The largest absolute Gasteiger partial charge is 0.271 e. The zero-order chi connectivity index (χ0) is 14.5. The Morgan fingerprint density at radius 1 is 1.15 bits per heavy atom. The number of nitrogens with one attached hydrogen (secondary N) is 1. The summed E-state index contributed by atoms with van der Waals surface area (Å²) < 4.78 is 0. The predicted octanol–water partition coefficient (Wildman–Crippen LogP) is 4.07. The second-order valence-electron chi connectivity index (χ2n) is 4.20. The summed E-state index contributed by atoms with van der Waals surface area (Å²) in [7, 11) is 0. The number of nitrogens with zero attached hydrogens (tertiary/aromatic N) is 1. The van der Waals surface area contributed by atoms with Gasteiger partial charge in [0.1, 0.15) is 0 Å². The van der Waals surface area contributed by atoms with E-state index in [1.54, 1.807) is 30.3 Å². The molecule has 1 N–H and O–H groups in total. The molecule has 0 aliphatic carbocycles. The summed E-state index contributed by atoms with van der Waals surface area (Å²) in [6, 6.07) is 12.4. The smallest absolute Gasteiger partial charge is 0.267 e. The molecule has 20 heavy (non-hydrogen) atoms. The quantitative estimate of drug-likeness (QED) is 0.674. The molecule has 0 aromatic heterocycles. The molecule has 0 fully saturated rings. The minimum Gasteiger partial charge on any atom is -0.267 e. The third-order valence-electron chi connectivity index (χ3n) is 2.64. The van der Waals surface area contributed by atoms with Gasteiger partial charge in [0.15, 0.2) is 0 Å². The highest BCUT2D eigenvalue weighted by Gasteiger charge is 2.05. The first kappa shape index (κ1) is 14.6. The first-order valence-corrected chi connectivity index (χ1v) is 6.67. The van der Waals surface area contributed by atoms with E-state index in [-0.39, 0.29) is 5.91 Å². The van der Waals surface area contributed by atoms with E-state index in [2.05, 4.69) is 10.5 Å². The van der Waals surface area contributed by atoms with E-state index >= 15 is 0 Å². The fourth-order valence-corrected chi connectivity index (χ4v) is 2.14. The zero-order valence-electron chi connectivity index (χ0n) is 10.7. The second kappa shape index (κ2) is 6.55. The fraction of sp³-hybridized carbons (Fsp3) is 0.0667. The lowest BCUT2D eigenvalue weighted by molar-refractivity contribution is 0.0955. The topological polar surface area (TPSA) is 41.5 Å². The van der Waals surface area contributed by atoms with Crippen LogP contribution in [0.25, 0.3) is 0 Å². The Labute approximate surface area is 127 Å². The van der Waals surface area contributed by atoms with E-state index < -0.39 is 0 Å². The van der Waals surface area contributed by atoms with Crippen LogP contribution in [0.1, 0.15) is 21.5 Å². The van der Waals surface area contributed by atoms with Crippen LogP contribution in [-0.4, -0.2) is 12.1 Å². The van der Waals surface area contributed by atoms with E-state index in [0.717, 1.165) is 5.56 Å².